The number of hydrogen-bond acceptors (Lipinski definition) is 8. The van der Waals surface area contributed by atoms with Gasteiger partial charge in [0.05, 0.1) is 27.5 Å². The first-order valence-electron chi connectivity index (χ1n) is 9.81. The lowest BCUT2D eigenvalue weighted by Gasteiger charge is -2.31. The van der Waals surface area contributed by atoms with Crippen molar-refractivity contribution in [2.45, 2.75) is 30.5 Å². The third-order valence-electron chi connectivity index (χ3n) is 5.14. The summed E-state index contributed by atoms with van der Waals surface area (Å²) in [6, 6.07) is 12.3. The second-order valence-electron chi connectivity index (χ2n) is 7.19. The zero-order chi connectivity index (χ0) is 20.3. The second kappa shape index (κ2) is 8.83. The van der Waals surface area contributed by atoms with Crippen molar-refractivity contribution in [1.82, 2.24) is 30.1 Å². The molecule has 0 bridgehead atoms. The molecule has 0 saturated carbocycles. The molecule has 1 aliphatic heterocycles. The summed E-state index contributed by atoms with van der Waals surface area (Å²) in [5, 5.41) is 15.8. The number of likely N-dealkylation sites (tertiary alicyclic amines) is 1. The highest BCUT2D eigenvalue weighted by Gasteiger charge is 2.27. The van der Waals surface area contributed by atoms with Gasteiger partial charge in [-0.25, -0.2) is 9.67 Å². The number of tetrazole rings is 1. The molecule has 0 N–H and O–H groups in total. The van der Waals surface area contributed by atoms with E-state index < -0.39 is 0 Å². The Bertz CT molecular complexity index is 1110. The lowest BCUT2D eigenvalue weighted by Crippen LogP contribution is -2.40. The standard InChI is InChI=1S/C20H20N6OS3/c27-18(13-29-20-22-23-24-26(20)12-15-6-4-10-28-15)25-9-3-5-14(11-25)19-21-16-7-1-2-8-17(16)30-19/h1-2,4,6-8,10,14H,3,5,9,11-13H2/t14-/m0/s1. The van der Waals surface area contributed by atoms with Crippen LogP contribution < -0.4 is 0 Å². The number of carbonyl (C=O) groups is 1. The van der Waals surface area contributed by atoms with Crippen molar-refractivity contribution < 1.29 is 4.79 Å². The molecule has 154 valence electrons. The maximum Gasteiger partial charge on any atom is 0.233 e. The van der Waals surface area contributed by atoms with Crippen LogP contribution in [0.5, 0.6) is 0 Å². The summed E-state index contributed by atoms with van der Waals surface area (Å²) in [6.07, 6.45) is 2.09. The summed E-state index contributed by atoms with van der Waals surface area (Å²) < 4.78 is 2.97. The quantitative estimate of drug-likeness (QED) is 0.410. The van der Waals surface area contributed by atoms with Crippen molar-refractivity contribution in [2.75, 3.05) is 18.8 Å². The molecule has 0 aliphatic carbocycles. The molecule has 3 aromatic heterocycles. The van der Waals surface area contributed by atoms with E-state index in [2.05, 4.69) is 33.7 Å². The Morgan fingerprint density at radius 1 is 1.23 bits per heavy atom. The molecule has 1 saturated heterocycles. The molecule has 4 heterocycles. The normalized spacial score (nSPS) is 16.9. The third kappa shape index (κ3) is 4.26. The molecule has 0 spiro atoms. The van der Waals surface area contributed by atoms with Crippen LogP contribution in [-0.2, 0) is 11.3 Å². The summed E-state index contributed by atoms with van der Waals surface area (Å²) in [5.41, 5.74) is 1.05. The van der Waals surface area contributed by atoms with Gasteiger partial charge in [0.2, 0.25) is 11.1 Å². The minimum absolute atomic E-state index is 0.136. The van der Waals surface area contributed by atoms with Crippen LogP contribution in [0.25, 0.3) is 10.2 Å². The summed E-state index contributed by atoms with van der Waals surface area (Å²) in [4.78, 5) is 20.9. The predicted molar refractivity (Wildman–Crippen MR) is 120 cm³/mol. The summed E-state index contributed by atoms with van der Waals surface area (Å²) in [6.45, 7) is 2.17. The topological polar surface area (TPSA) is 76.8 Å². The molecular weight excluding hydrogens is 436 g/mol. The number of rotatable bonds is 6. The summed E-state index contributed by atoms with van der Waals surface area (Å²) in [7, 11) is 0. The average molecular weight is 457 g/mol. The molecule has 0 radical (unpaired) electrons. The highest BCUT2D eigenvalue weighted by molar-refractivity contribution is 7.99. The number of fused-ring (bicyclic) bond motifs is 1. The van der Waals surface area contributed by atoms with E-state index in [0.29, 0.717) is 23.4 Å². The van der Waals surface area contributed by atoms with Crippen molar-refractivity contribution in [1.29, 1.82) is 0 Å². The Kier molecular flexibility index (Phi) is 5.78. The fourth-order valence-corrected chi connectivity index (χ4v) is 6.20. The Hall–Kier alpha value is -2.30. The Labute approximate surface area is 186 Å². The summed E-state index contributed by atoms with van der Waals surface area (Å²) in [5.74, 6) is 0.794. The lowest BCUT2D eigenvalue weighted by molar-refractivity contribution is -0.129. The molecule has 7 nitrogen and oxygen atoms in total. The van der Waals surface area contributed by atoms with Crippen LogP contribution in [0.4, 0.5) is 0 Å². The molecule has 5 rings (SSSR count). The monoisotopic (exact) mass is 456 g/mol. The molecule has 0 unspecified atom stereocenters. The highest BCUT2D eigenvalue weighted by atomic mass is 32.2. The molecule has 1 atom stereocenters. The molecule has 30 heavy (non-hydrogen) atoms. The predicted octanol–water partition coefficient (Wildman–Crippen LogP) is 3.89. The number of nitrogens with zero attached hydrogens (tertiary/aromatic N) is 6. The number of thiazole rings is 1. The Balaban J connectivity index is 1.21. The molecule has 1 amide bonds. The molecular formula is C20H20N6OS3. The first-order valence-corrected chi connectivity index (χ1v) is 12.5. The van der Waals surface area contributed by atoms with Gasteiger partial charge in [-0.1, -0.05) is 30.0 Å². The van der Waals surface area contributed by atoms with Gasteiger partial charge in [-0.15, -0.1) is 27.8 Å². The van der Waals surface area contributed by atoms with Crippen molar-refractivity contribution >= 4 is 50.6 Å². The van der Waals surface area contributed by atoms with Gasteiger partial charge >= 0.3 is 0 Å². The van der Waals surface area contributed by atoms with Gasteiger partial charge in [0.15, 0.2) is 0 Å². The fraction of sp³-hybridized carbons (Fsp3) is 0.350. The van der Waals surface area contributed by atoms with Crippen LogP contribution in [0.2, 0.25) is 0 Å². The minimum Gasteiger partial charge on any atom is -0.341 e. The third-order valence-corrected chi connectivity index (χ3v) is 8.15. The van der Waals surface area contributed by atoms with E-state index in [1.807, 2.05) is 28.5 Å². The van der Waals surface area contributed by atoms with E-state index in [-0.39, 0.29) is 5.91 Å². The number of piperidine rings is 1. The molecule has 4 aromatic rings. The maximum atomic E-state index is 12.9. The first-order chi connectivity index (χ1) is 14.8. The number of thioether (sulfide) groups is 1. The second-order valence-corrected chi connectivity index (χ2v) is 10.2. The smallest absolute Gasteiger partial charge is 0.233 e. The van der Waals surface area contributed by atoms with Crippen molar-refractivity contribution in [3.8, 4) is 0 Å². The Morgan fingerprint density at radius 2 is 2.17 bits per heavy atom. The van der Waals surface area contributed by atoms with E-state index in [4.69, 9.17) is 4.98 Å². The van der Waals surface area contributed by atoms with Crippen LogP contribution in [0.15, 0.2) is 46.9 Å². The number of para-hydroxylation sites is 1. The van der Waals surface area contributed by atoms with Crippen LogP contribution >= 0.6 is 34.4 Å². The van der Waals surface area contributed by atoms with Crippen LogP contribution in [-0.4, -0.2) is 54.8 Å². The van der Waals surface area contributed by atoms with E-state index in [0.717, 1.165) is 36.5 Å². The van der Waals surface area contributed by atoms with E-state index >= 15 is 0 Å². The zero-order valence-electron chi connectivity index (χ0n) is 16.2. The van der Waals surface area contributed by atoms with E-state index in [1.165, 1.54) is 21.3 Å². The molecule has 10 heteroatoms. The summed E-state index contributed by atoms with van der Waals surface area (Å²) >= 11 is 4.83. The van der Waals surface area contributed by atoms with Crippen molar-refractivity contribution in [3.63, 3.8) is 0 Å². The van der Waals surface area contributed by atoms with Crippen molar-refractivity contribution in [3.05, 3.63) is 51.7 Å². The number of thiophene rings is 1. The number of hydrogen-bond donors (Lipinski definition) is 0. The van der Waals surface area contributed by atoms with Gasteiger partial charge in [-0.2, -0.15) is 0 Å². The van der Waals surface area contributed by atoms with Gasteiger partial charge in [0, 0.05) is 23.9 Å². The largest absolute Gasteiger partial charge is 0.341 e. The lowest BCUT2D eigenvalue weighted by atomic mass is 9.99. The maximum absolute atomic E-state index is 12.9. The van der Waals surface area contributed by atoms with Crippen LogP contribution in [0, 0.1) is 0 Å². The van der Waals surface area contributed by atoms with Gasteiger partial charge < -0.3 is 4.90 Å². The van der Waals surface area contributed by atoms with Gasteiger partial charge in [0.25, 0.3) is 0 Å². The number of carbonyl (C=O) groups excluding carboxylic acids is 1. The molecule has 1 aliphatic rings. The molecule has 1 fully saturated rings. The van der Waals surface area contributed by atoms with Crippen LogP contribution in [0.1, 0.15) is 28.6 Å². The van der Waals surface area contributed by atoms with Crippen molar-refractivity contribution in [2.24, 2.45) is 0 Å². The first kappa shape index (κ1) is 19.7. The average Bonchev–Trinajstić information content (AvgIpc) is 3.53. The fourth-order valence-electron chi connectivity index (χ4n) is 3.64. The molecule has 1 aromatic carbocycles. The van der Waals surface area contributed by atoms with E-state index in [1.54, 1.807) is 27.4 Å². The zero-order valence-corrected chi connectivity index (χ0v) is 18.6. The van der Waals surface area contributed by atoms with E-state index in [9.17, 15) is 4.79 Å². The van der Waals surface area contributed by atoms with Gasteiger partial charge in [-0.05, 0) is 46.8 Å². The number of aromatic nitrogens is 5. The van der Waals surface area contributed by atoms with Crippen LogP contribution in [0.3, 0.4) is 0 Å². The minimum atomic E-state index is 0.136. The van der Waals surface area contributed by atoms with Gasteiger partial charge in [0.1, 0.15) is 0 Å². The highest BCUT2D eigenvalue weighted by Crippen LogP contribution is 2.33. The number of amides is 1. The van der Waals surface area contributed by atoms with Gasteiger partial charge in [-0.3, -0.25) is 4.79 Å². The number of benzene rings is 1. The Morgan fingerprint density at radius 3 is 3.03 bits per heavy atom. The SMILES string of the molecule is O=C(CSc1nnnn1Cc1cccs1)N1CCC[C@H](c2nc3ccccc3s2)C1.